The van der Waals surface area contributed by atoms with E-state index in [1.54, 1.807) is 18.2 Å². The molecule has 0 radical (unpaired) electrons. The van der Waals surface area contributed by atoms with E-state index in [0.717, 1.165) is 5.57 Å². The molecule has 20 heavy (non-hydrogen) atoms. The van der Waals surface area contributed by atoms with E-state index < -0.39 is 0 Å². The minimum atomic E-state index is -0.152. The maximum Gasteiger partial charge on any atom is 0.251 e. The third-order valence-corrected chi connectivity index (χ3v) is 2.68. The van der Waals surface area contributed by atoms with E-state index in [9.17, 15) is 4.79 Å². The Hall–Kier alpha value is -2.01. The molecule has 0 spiro atoms. The molecule has 1 aromatic rings. The number of carbonyl (C=O) groups is 1. The minimum absolute atomic E-state index is 0.152. The first-order valence-corrected chi connectivity index (χ1v) is 6.57. The van der Waals surface area contributed by atoms with Gasteiger partial charge in [-0.2, -0.15) is 0 Å². The van der Waals surface area contributed by atoms with Gasteiger partial charge in [0.15, 0.2) is 11.5 Å². The highest BCUT2D eigenvalue weighted by molar-refractivity contribution is 5.94. The van der Waals surface area contributed by atoms with Gasteiger partial charge in [-0.1, -0.05) is 12.2 Å². The summed E-state index contributed by atoms with van der Waals surface area (Å²) in [6.07, 6.45) is 0. The Bertz CT molecular complexity index is 499. The van der Waals surface area contributed by atoms with Gasteiger partial charge in [-0.3, -0.25) is 4.79 Å². The lowest BCUT2D eigenvalue weighted by Gasteiger charge is -2.18. The SMILES string of the molecule is C=C(C)COCCNC(=O)c1ccc2c(c1)OCCO2. The molecule has 1 aliphatic rings. The molecule has 0 saturated heterocycles. The fourth-order valence-corrected chi connectivity index (χ4v) is 1.77. The zero-order chi connectivity index (χ0) is 14.4. The Morgan fingerprint density at radius 3 is 2.85 bits per heavy atom. The molecule has 0 bridgehead atoms. The van der Waals surface area contributed by atoms with Crippen LogP contribution in [-0.2, 0) is 4.74 Å². The van der Waals surface area contributed by atoms with Crippen LogP contribution in [0.25, 0.3) is 0 Å². The molecule has 5 heteroatoms. The summed E-state index contributed by atoms with van der Waals surface area (Å²) in [5.74, 6) is 1.14. The van der Waals surface area contributed by atoms with E-state index in [2.05, 4.69) is 11.9 Å². The molecule has 0 fully saturated rings. The van der Waals surface area contributed by atoms with Crippen molar-refractivity contribution in [3.8, 4) is 11.5 Å². The standard InChI is InChI=1S/C15H19NO4/c1-11(2)10-18-6-5-16-15(17)12-3-4-13-14(9-12)20-8-7-19-13/h3-4,9H,1,5-8,10H2,2H3,(H,16,17). The summed E-state index contributed by atoms with van der Waals surface area (Å²) in [4.78, 5) is 11.9. The van der Waals surface area contributed by atoms with Gasteiger partial charge in [0, 0.05) is 12.1 Å². The highest BCUT2D eigenvalue weighted by Crippen LogP contribution is 2.30. The summed E-state index contributed by atoms with van der Waals surface area (Å²) >= 11 is 0. The summed E-state index contributed by atoms with van der Waals surface area (Å²) in [7, 11) is 0. The maximum atomic E-state index is 11.9. The number of carbonyl (C=O) groups excluding carboxylic acids is 1. The number of amides is 1. The van der Waals surface area contributed by atoms with Gasteiger partial charge in [0.2, 0.25) is 0 Å². The van der Waals surface area contributed by atoms with Crippen molar-refractivity contribution in [3.05, 3.63) is 35.9 Å². The molecule has 1 heterocycles. The molecule has 0 atom stereocenters. The number of ether oxygens (including phenoxy) is 3. The lowest BCUT2D eigenvalue weighted by Crippen LogP contribution is -2.27. The number of nitrogens with one attached hydrogen (secondary N) is 1. The second kappa shape index (κ2) is 6.96. The van der Waals surface area contributed by atoms with E-state index in [1.165, 1.54) is 0 Å². The predicted octanol–water partition coefficient (Wildman–Crippen LogP) is 1.78. The van der Waals surface area contributed by atoms with Crippen LogP contribution in [0.3, 0.4) is 0 Å². The Balaban J connectivity index is 1.82. The van der Waals surface area contributed by atoms with E-state index >= 15 is 0 Å². The van der Waals surface area contributed by atoms with Crippen LogP contribution >= 0.6 is 0 Å². The Morgan fingerprint density at radius 1 is 1.35 bits per heavy atom. The molecule has 1 amide bonds. The van der Waals surface area contributed by atoms with Gasteiger partial charge in [0.25, 0.3) is 5.91 Å². The zero-order valence-corrected chi connectivity index (χ0v) is 11.6. The van der Waals surface area contributed by atoms with Crippen LogP contribution in [0.2, 0.25) is 0 Å². The summed E-state index contributed by atoms with van der Waals surface area (Å²) in [6.45, 7) is 8.12. The molecule has 5 nitrogen and oxygen atoms in total. The van der Waals surface area contributed by atoms with Gasteiger partial charge in [-0.05, 0) is 25.1 Å². The Morgan fingerprint density at radius 2 is 2.10 bits per heavy atom. The Kier molecular flexibility index (Phi) is 5.01. The van der Waals surface area contributed by atoms with Crippen LogP contribution in [-0.4, -0.2) is 38.9 Å². The molecule has 1 aromatic carbocycles. The van der Waals surface area contributed by atoms with Crippen molar-refractivity contribution in [2.45, 2.75) is 6.92 Å². The quantitative estimate of drug-likeness (QED) is 0.636. The van der Waals surface area contributed by atoms with Crippen LogP contribution in [0.1, 0.15) is 17.3 Å². The average Bonchev–Trinajstić information content (AvgIpc) is 2.46. The smallest absolute Gasteiger partial charge is 0.251 e. The topological polar surface area (TPSA) is 56.8 Å². The second-order valence-electron chi connectivity index (χ2n) is 4.62. The van der Waals surface area contributed by atoms with Crippen molar-refractivity contribution in [2.24, 2.45) is 0 Å². The molecule has 0 unspecified atom stereocenters. The number of benzene rings is 1. The summed E-state index contributed by atoms with van der Waals surface area (Å²) in [6, 6.07) is 5.16. The molecular weight excluding hydrogens is 258 g/mol. The van der Waals surface area contributed by atoms with Crippen molar-refractivity contribution in [1.82, 2.24) is 5.32 Å². The summed E-state index contributed by atoms with van der Waals surface area (Å²) in [5.41, 5.74) is 1.51. The normalized spacial score (nSPS) is 12.8. The minimum Gasteiger partial charge on any atom is -0.486 e. The van der Waals surface area contributed by atoms with Crippen molar-refractivity contribution in [1.29, 1.82) is 0 Å². The fraction of sp³-hybridized carbons (Fsp3) is 0.400. The van der Waals surface area contributed by atoms with Crippen molar-refractivity contribution in [3.63, 3.8) is 0 Å². The van der Waals surface area contributed by atoms with E-state index in [0.29, 0.717) is 50.0 Å². The summed E-state index contributed by atoms with van der Waals surface area (Å²) in [5, 5.41) is 2.79. The molecule has 2 rings (SSSR count). The van der Waals surface area contributed by atoms with Crippen LogP contribution in [0.4, 0.5) is 0 Å². The zero-order valence-electron chi connectivity index (χ0n) is 11.6. The van der Waals surface area contributed by atoms with E-state index in [4.69, 9.17) is 14.2 Å². The van der Waals surface area contributed by atoms with Gasteiger partial charge >= 0.3 is 0 Å². The first-order chi connectivity index (χ1) is 9.66. The lowest BCUT2D eigenvalue weighted by molar-refractivity contribution is 0.0925. The van der Waals surface area contributed by atoms with E-state index in [1.807, 2.05) is 6.92 Å². The van der Waals surface area contributed by atoms with Crippen LogP contribution < -0.4 is 14.8 Å². The third-order valence-electron chi connectivity index (χ3n) is 2.68. The molecule has 0 aliphatic carbocycles. The first kappa shape index (κ1) is 14.4. The largest absolute Gasteiger partial charge is 0.486 e. The van der Waals surface area contributed by atoms with Crippen molar-refractivity contribution < 1.29 is 19.0 Å². The second-order valence-corrected chi connectivity index (χ2v) is 4.62. The monoisotopic (exact) mass is 277 g/mol. The van der Waals surface area contributed by atoms with Crippen LogP contribution in [0.15, 0.2) is 30.4 Å². The summed E-state index contributed by atoms with van der Waals surface area (Å²) < 4.78 is 16.2. The Labute approximate surface area is 118 Å². The molecule has 0 saturated carbocycles. The van der Waals surface area contributed by atoms with Gasteiger partial charge in [0.05, 0.1) is 13.2 Å². The molecule has 0 aromatic heterocycles. The maximum absolute atomic E-state index is 11.9. The average molecular weight is 277 g/mol. The van der Waals surface area contributed by atoms with Gasteiger partial charge < -0.3 is 19.5 Å². The fourth-order valence-electron chi connectivity index (χ4n) is 1.77. The number of hydrogen-bond donors (Lipinski definition) is 1. The molecule has 1 aliphatic heterocycles. The highest BCUT2D eigenvalue weighted by atomic mass is 16.6. The number of hydrogen-bond acceptors (Lipinski definition) is 4. The molecule has 108 valence electrons. The molecular formula is C15H19NO4. The van der Waals surface area contributed by atoms with Gasteiger partial charge in [-0.25, -0.2) is 0 Å². The van der Waals surface area contributed by atoms with Gasteiger partial charge in [-0.15, -0.1) is 0 Å². The predicted molar refractivity (Wildman–Crippen MR) is 75.4 cm³/mol. The first-order valence-electron chi connectivity index (χ1n) is 6.57. The van der Waals surface area contributed by atoms with Crippen molar-refractivity contribution in [2.75, 3.05) is 33.0 Å². The number of rotatable bonds is 6. The van der Waals surface area contributed by atoms with Gasteiger partial charge in [0.1, 0.15) is 13.2 Å². The van der Waals surface area contributed by atoms with Crippen molar-refractivity contribution >= 4 is 5.91 Å². The molecule has 1 N–H and O–H groups in total. The van der Waals surface area contributed by atoms with Crippen LogP contribution in [0.5, 0.6) is 11.5 Å². The van der Waals surface area contributed by atoms with E-state index in [-0.39, 0.29) is 5.91 Å². The number of fused-ring (bicyclic) bond motifs is 1. The third kappa shape index (κ3) is 3.99. The highest BCUT2D eigenvalue weighted by Gasteiger charge is 2.14. The lowest BCUT2D eigenvalue weighted by atomic mass is 10.2. The van der Waals surface area contributed by atoms with Crippen LogP contribution in [0, 0.1) is 0 Å².